The zero-order valence-electron chi connectivity index (χ0n) is 15.3. The third-order valence-electron chi connectivity index (χ3n) is 5.40. The van der Waals surface area contributed by atoms with Crippen LogP contribution in [0.25, 0.3) is 5.65 Å². The smallest absolute Gasteiger partial charge is 0.311 e. The zero-order chi connectivity index (χ0) is 18.5. The quantitative estimate of drug-likeness (QED) is 0.922. The van der Waals surface area contributed by atoms with Crippen LogP contribution in [0.2, 0.25) is 0 Å². The van der Waals surface area contributed by atoms with Gasteiger partial charge in [-0.25, -0.2) is 9.50 Å². The van der Waals surface area contributed by atoms with Crippen LogP contribution in [0.4, 0.5) is 0 Å². The lowest BCUT2D eigenvalue weighted by Gasteiger charge is -2.28. The molecule has 2 aromatic heterocycles. The fourth-order valence-electron chi connectivity index (χ4n) is 3.73. The van der Waals surface area contributed by atoms with Crippen LogP contribution in [-0.2, 0) is 4.79 Å². The van der Waals surface area contributed by atoms with Crippen LogP contribution >= 0.6 is 0 Å². The van der Waals surface area contributed by atoms with Crippen LogP contribution < -0.4 is 0 Å². The molecule has 25 heavy (non-hydrogen) atoms. The second kappa shape index (κ2) is 5.82. The van der Waals surface area contributed by atoms with E-state index in [4.69, 9.17) is 0 Å². The van der Waals surface area contributed by atoms with E-state index in [2.05, 4.69) is 10.1 Å². The Bertz CT molecular complexity index is 871. The standard InChI is InChI=1S/C18H24N4O3/c1-10(2)18(17(24)25)6-7-21(9-18)16(23)14-13(5)20-22-12(4)8-11(3)19-15(14)22/h8,10H,6-7,9H2,1-5H3,(H,24,25). The molecule has 1 aliphatic rings. The van der Waals surface area contributed by atoms with E-state index < -0.39 is 11.4 Å². The van der Waals surface area contributed by atoms with Crippen LogP contribution in [0.15, 0.2) is 6.07 Å². The lowest BCUT2D eigenvalue weighted by molar-refractivity contribution is -0.150. The van der Waals surface area contributed by atoms with Crippen molar-refractivity contribution in [2.75, 3.05) is 13.1 Å². The van der Waals surface area contributed by atoms with E-state index in [0.717, 1.165) is 11.4 Å². The van der Waals surface area contributed by atoms with E-state index in [0.29, 0.717) is 29.9 Å². The van der Waals surface area contributed by atoms with Crippen molar-refractivity contribution in [1.29, 1.82) is 0 Å². The molecule has 0 saturated carbocycles. The molecular formula is C18H24N4O3. The number of hydrogen-bond acceptors (Lipinski definition) is 4. The predicted octanol–water partition coefficient (Wildman–Crippen LogP) is 2.23. The summed E-state index contributed by atoms with van der Waals surface area (Å²) in [4.78, 5) is 31.1. The normalized spacial score (nSPS) is 20.6. The number of nitrogens with zero attached hydrogens (tertiary/aromatic N) is 4. The van der Waals surface area contributed by atoms with E-state index in [1.165, 1.54) is 0 Å². The van der Waals surface area contributed by atoms with Crippen molar-refractivity contribution in [2.24, 2.45) is 11.3 Å². The Morgan fingerprint density at radius 1 is 1.28 bits per heavy atom. The number of carbonyl (C=O) groups excluding carboxylic acids is 1. The van der Waals surface area contributed by atoms with Crippen LogP contribution in [-0.4, -0.2) is 49.6 Å². The first-order valence-corrected chi connectivity index (χ1v) is 8.53. The van der Waals surface area contributed by atoms with Crippen LogP contribution in [0.3, 0.4) is 0 Å². The number of carboxylic acid groups (broad SMARTS) is 1. The molecule has 7 heteroatoms. The van der Waals surface area contributed by atoms with Gasteiger partial charge in [-0.1, -0.05) is 13.8 Å². The lowest BCUT2D eigenvalue weighted by atomic mass is 9.76. The van der Waals surface area contributed by atoms with Crippen LogP contribution in [0.1, 0.15) is 47.7 Å². The summed E-state index contributed by atoms with van der Waals surface area (Å²) < 4.78 is 1.68. The van der Waals surface area contributed by atoms with E-state index >= 15 is 0 Å². The molecule has 1 atom stereocenters. The molecule has 7 nitrogen and oxygen atoms in total. The number of carbonyl (C=O) groups is 2. The summed E-state index contributed by atoms with van der Waals surface area (Å²) in [5, 5.41) is 14.1. The molecule has 1 fully saturated rings. The highest BCUT2D eigenvalue weighted by atomic mass is 16.4. The SMILES string of the molecule is Cc1cc(C)n2nc(C)c(C(=O)N3CCC(C(=O)O)(C(C)C)C3)c2n1. The summed E-state index contributed by atoms with van der Waals surface area (Å²) in [6.45, 7) is 10.1. The molecule has 0 radical (unpaired) electrons. The Labute approximate surface area is 146 Å². The monoisotopic (exact) mass is 344 g/mol. The van der Waals surface area contributed by atoms with Gasteiger partial charge < -0.3 is 10.0 Å². The van der Waals surface area contributed by atoms with Gasteiger partial charge in [0.25, 0.3) is 5.91 Å². The molecule has 1 unspecified atom stereocenters. The topological polar surface area (TPSA) is 87.8 Å². The van der Waals surface area contributed by atoms with Gasteiger partial charge in [0.1, 0.15) is 5.56 Å². The number of rotatable bonds is 3. The van der Waals surface area contributed by atoms with Gasteiger partial charge in [-0.15, -0.1) is 0 Å². The van der Waals surface area contributed by atoms with E-state index in [1.54, 1.807) is 16.3 Å². The minimum absolute atomic E-state index is 0.0459. The second-order valence-electron chi connectivity index (χ2n) is 7.33. The molecule has 0 aromatic carbocycles. The molecule has 1 saturated heterocycles. The highest BCUT2D eigenvalue weighted by molar-refractivity contribution is 6.01. The Hall–Kier alpha value is -2.44. The van der Waals surface area contributed by atoms with Crippen molar-refractivity contribution in [3.8, 4) is 0 Å². The first-order chi connectivity index (χ1) is 11.7. The molecule has 3 heterocycles. The molecule has 0 bridgehead atoms. The third-order valence-corrected chi connectivity index (χ3v) is 5.40. The number of carboxylic acids is 1. The summed E-state index contributed by atoms with van der Waals surface area (Å²) in [5.74, 6) is -1.07. The fourth-order valence-corrected chi connectivity index (χ4v) is 3.73. The van der Waals surface area contributed by atoms with Crippen LogP contribution in [0.5, 0.6) is 0 Å². The number of amides is 1. The summed E-state index contributed by atoms with van der Waals surface area (Å²) in [6, 6.07) is 1.91. The van der Waals surface area contributed by atoms with Crippen molar-refractivity contribution in [3.05, 3.63) is 28.7 Å². The minimum Gasteiger partial charge on any atom is -0.481 e. The first kappa shape index (κ1) is 17.4. The third kappa shape index (κ3) is 2.58. The Kier molecular flexibility index (Phi) is 4.05. The number of hydrogen-bond donors (Lipinski definition) is 1. The maximum Gasteiger partial charge on any atom is 0.311 e. The van der Waals surface area contributed by atoms with Gasteiger partial charge in [0, 0.05) is 24.5 Å². The number of aryl methyl sites for hydroxylation is 3. The molecule has 134 valence electrons. The lowest BCUT2D eigenvalue weighted by Crippen LogP contribution is -2.40. The van der Waals surface area contributed by atoms with Gasteiger partial charge in [0.15, 0.2) is 5.65 Å². The maximum absolute atomic E-state index is 13.1. The average molecular weight is 344 g/mol. The average Bonchev–Trinajstić information content (AvgIpc) is 3.09. The van der Waals surface area contributed by atoms with Crippen molar-refractivity contribution in [1.82, 2.24) is 19.5 Å². The van der Waals surface area contributed by atoms with Gasteiger partial charge >= 0.3 is 5.97 Å². The van der Waals surface area contributed by atoms with E-state index in [9.17, 15) is 14.7 Å². The molecule has 1 N–H and O–H groups in total. The highest BCUT2D eigenvalue weighted by Gasteiger charge is 2.49. The molecule has 3 rings (SSSR count). The van der Waals surface area contributed by atoms with Gasteiger partial charge in [0.2, 0.25) is 0 Å². The maximum atomic E-state index is 13.1. The first-order valence-electron chi connectivity index (χ1n) is 8.53. The highest BCUT2D eigenvalue weighted by Crippen LogP contribution is 2.39. The Morgan fingerprint density at radius 3 is 2.52 bits per heavy atom. The summed E-state index contributed by atoms with van der Waals surface area (Å²) in [7, 11) is 0. The minimum atomic E-state index is -0.883. The molecular weight excluding hydrogens is 320 g/mol. The predicted molar refractivity (Wildman–Crippen MR) is 92.6 cm³/mol. The summed E-state index contributed by atoms with van der Waals surface area (Å²) in [5.41, 5.74) is 2.47. The molecule has 1 aliphatic heterocycles. The molecule has 2 aromatic rings. The summed E-state index contributed by atoms with van der Waals surface area (Å²) in [6.07, 6.45) is 0.468. The largest absolute Gasteiger partial charge is 0.481 e. The van der Waals surface area contributed by atoms with Crippen molar-refractivity contribution < 1.29 is 14.7 Å². The van der Waals surface area contributed by atoms with Gasteiger partial charge in [0.05, 0.1) is 11.1 Å². The van der Waals surface area contributed by atoms with E-state index in [1.807, 2.05) is 33.8 Å². The Morgan fingerprint density at radius 2 is 1.96 bits per heavy atom. The van der Waals surface area contributed by atoms with Crippen molar-refractivity contribution >= 4 is 17.5 Å². The summed E-state index contributed by atoms with van der Waals surface area (Å²) >= 11 is 0. The number of aliphatic carboxylic acids is 1. The molecule has 1 amide bonds. The van der Waals surface area contributed by atoms with Gasteiger partial charge in [-0.2, -0.15) is 5.10 Å². The molecule has 0 aliphatic carbocycles. The van der Waals surface area contributed by atoms with E-state index in [-0.39, 0.29) is 18.4 Å². The van der Waals surface area contributed by atoms with Gasteiger partial charge in [-0.3, -0.25) is 9.59 Å². The van der Waals surface area contributed by atoms with Crippen LogP contribution in [0, 0.1) is 32.1 Å². The number of likely N-dealkylation sites (tertiary alicyclic amines) is 1. The second-order valence-corrected chi connectivity index (χ2v) is 7.33. The Balaban J connectivity index is 2.02. The van der Waals surface area contributed by atoms with Gasteiger partial charge in [-0.05, 0) is 39.2 Å². The fraction of sp³-hybridized carbons (Fsp3) is 0.556. The van der Waals surface area contributed by atoms with Crippen molar-refractivity contribution in [3.63, 3.8) is 0 Å². The molecule has 0 spiro atoms. The zero-order valence-corrected chi connectivity index (χ0v) is 15.3. The van der Waals surface area contributed by atoms with Crippen molar-refractivity contribution in [2.45, 2.75) is 41.0 Å². The number of fused-ring (bicyclic) bond motifs is 1. The number of aromatic nitrogens is 3.